The van der Waals surface area contributed by atoms with Gasteiger partial charge in [0.25, 0.3) is 0 Å². The van der Waals surface area contributed by atoms with Crippen LogP contribution in [-0.2, 0) is 0 Å². The van der Waals surface area contributed by atoms with Crippen molar-refractivity contribution in [3.05, 3.63) is 61.2 Å². The molecule has 0 saturated carbocycles. The Kier molecular flexibility index (Phi) is 4.94. The lowest BCUT2D eigenvalue weighted by molar-refractivity contribution is 0.219. The minimum atomic E-state index is -0.691. The number of aliphatic hydroxyl groups is 1. The standard InChI is InChI=1S/C16H16ClIO2/c1-9-6-11(7-10(2)16(9)20-3)15(19)13-8-12(17)4-5-14(13)18/h4-8,15,19H,1-3H3. The van der Waals surface area contributed by atoms with Crippen LogP contribution in [0.3, 0.4) is 0 Å². The third kappa shape index (κ3) is 3.10. The molecule has 0 saturated heterocycles. The van der Waals surface area contributed by atoms with Gasteiger partial charge in [-0.2, -0.15) is 0 Å². The monoisotopic (exact) mass is 402 g/mol. The zero-order valence-electron chi connectivity index (χ0n) is 11.6. The molecular weight excluding hydrogens is 387 g/mol. The molecule has 0 aliphatic rings. The van der Waals surface area contributed by atoms with Gasteiger partial charge in [0.2, 0.25) is 0 Å². The molecule has 1 N–H and O–H groups in total. The van der Waals surface area contributed by atoms with Crippen molar-refractivity contribution in [1.82, 2.24) is 0 Å². The quantitative estimate of drug-likeness (QED) is 0.757. The molecule has 0 bridgehead atoms. The number of rotatable bonds is 3. The highest BCUT2D eigenvalue weighted by molar-refractivity contribution is 14.1. The predicted octanol–water partition coefficient (Wildman–Crippen LogP) is 4.65. The Balaban J connectivity index is 2.48. The summed E-state index contributed by atoms with van der Waals surface area (Å²) in [5.41, 5.74) is 3.69. The molecule has 4 heteroatoms. The molecule has 0 aliphatic heterocycles. The zero-order valence-corrected chi connectivity index (χ0v) is 14.5. The number of methoxy groups -OCH3 is 1. The van der Waals surface area contributed by atoms with Gasteiger partial charge in [0.05, 0.1) is 7.11 Å². The molecule has 0 aliphatic carbocycles. The second-order valence-electron chi connectivity index (χ2n) is 4.76. The van der Waals surface area contributed by atoms with E-state index >= 15 is 0 Å². The van der Waals surface area contributed by atoms with Crippen molar-refractivity contribution in [3.8, 4) is 5.75 Å². The molecule has 1 atom stereocenters. The zero-order chi connectivity index (χ0) is 14.9. The lowest BCUT2D eigenvalue weighted by atomic mass is 9.97. The van der Waals surface area contributed by atoms with Crippen molar-refractivity contribution in [2.75, 3.05) is 7.11 Å². The first kappa shape index (κ1) is 15.6. The van der Waals surface area contributed by atoms with Crippen molar-refractivity contribution < 1.29 is 9.84 Å². The van der Waals surface area contributed by atoms with Crippen LogP contribution in [-0.4, -0.2) is 12.2 Å². The molecule has 1 unspecified atom stereocenters. The van der Waals surface area contributed by atoms with Crippen LogP contribution in [0.15, 0.2) is 30.3 Å². The Labute approximate surface area is 137 Å². The second-order valence-corrected chi connectivity index (χ2v) is 6.35. The topological polar surface area (TPSA) is 29.5 Å². The second kappa shape index (κ2) is 6.33. The van der Waals surface area contributed by atoms with Gasteiger partial charge in [0.1, 0.15) is 11.9 Å². The van der Waals surface area contributed by atoms with Gasteiger partial charge in [-0.15, -0.1) is 0 Å². The fourth-order valence-corrected chi connectivity index (χ4v) is 3.18. The smallest absolute Gasteiger partial charge is 0.124 e. The first-order valence-electron chi connectivity index (χ1n) is 6.22. The van der Waals surface area contributed by atoms with Crippen LogP contribution in [0.4, 0.5) is 0 Å². The van der Waals surface area contributed by atoms with E-state index in [4.69, 9.17) is 16.3 Å². The molecule has 20 heavy (non-hydrogen) atoms. The lowest BCUT2D eigenvalue weighted by Gasteiger charge is -2.17. The Morgan fingerprint density at radius 1 is 1.15 bits per heavy atom. The Morgan fingerprint density at radius 2 is 1.75 bits per heavy atom. The predicted molar refractivity (Wildman–Crippen MR) is 90.7 cm³/mol. The largest absolute Gasteiger partial charge is 0.496 e. The molecule has 2 nitrogen and oxygen atoms in total. The van der Waals surface area contributed by atoms with E-state index in [1.54, 1.807) is 7.11 Å². The van der Waals surface area contributed by atoms with Gasteiger partial charge < -0.3 is 9.84 Å². The van der Waals surface area contributed by atoms with Crippen LogP contribution < -0.4 is 4.74 Å². The molecule has 106 valence electrons. The summed E-state index contributed by atoms with van der Waals surface area (Å²) in [7, 11) is 1.66. The Bertz CT molecular complexity index is 617. The van der Waals surface area contributed by atoms with E-state index < -0.39 is 6.10 Å². The van der Waals surface area contributed by atoms with Gasteiger partial charge in [-0.3, -0.25) is 0 Å². The van der Waals surface area contributed by atoms with Crippen molar-refractivity contribution in [2.24, 2.45) is 0 Å². The van der Waals surface area contributed by atoms with Gasteiger partial charge >= 0.3 is 0 Å². The van der Waals surface area contributed by atoms with Gasteiger partial charge in [-0.25, -0.2) is 0 Å². The van der Waals surface area contributed by atoms with E-state index in [0.717, 1.165) is 31.6 Å². The summed E-state index contributed by atoms with van der Waals surface area (Å²) < 4.78 is 6.35. The van der Waals surface area contributed by atoms with Crippen molar-refractivity contribution in [2.45, 2.75) is 20.0 Å². The summed E-state index contributed by atoms with van der Waals surface area (Å²) in [5, 5.41) is 11.2. The minimum absolute atomic E-state index is 0.626. The third-order valence-corrected chi connectivity index (χ3v) is 4.47. The third-order valence-electron chi connectivity index (χ3n) is 3.26. The maximum absolute atomic E-state index is 10.6. The van der Waals surface area contributed by atoms with E-state index in [1.165, 1.54) is 0 Å². The van der Waals surface area contributed by atoms with Crippen molar-refractivity contribution in [1.29, 1.82) is 0 Å². The maximum atomic E-state index is 10.6. The molecule has 2 rings (SSSR count). The molecule has 0 radical (unpaired) electrons. The molecule has 0 aromatic heterocycles. The molecule has 0 fully saturated rings. The number of hydrogen-bond donors (Lipinski definition) is 1. The normalized spacial score (nSPS) is 12.3. The highest BCUT2D eigenvalue weighted by atomic mass is 127. The molecule has 0 amide bonds. The average Bonchev–Trinajstić information content (AvgIpc) is 2.40. The van der Waals surface area contributed by atoms with Crippen LogP contribution in [0.5, 0.6) is 5.75 Å². The molecular formula is C16H16ClIO2. The molecule has 2 aromatic carbocycles. The van der Waals surface area contributed by atoms with Gasteiger partial charge in [0, 0.05) is 8.59 Å². The van der Waals surface area contributed by atoms with Crippen LogP contribution in [0.2, 0.25) is 5.02 Å². The number of aliphatic hydroxyl groups excluding tert-OH is 1. The number of hydrogen-bond acceptors (Lipinski definition) is 2. The fourth-order valence-electron chi connectivity index (χ4n) is 2.37. The first-order chi connectivity index (χ1) is 9.43. The van der Waals surface area contributed by atoms with Crippen LogP contribution >= 0.6 is 34.2 Å². The van der Waals surface area contributed by atoms with E-state index in [0.29, 0.717) is 5.02 Å². The van der Waals surface area contributed by atoms with Gasteiger partial charge in [0.15, 0.2) is 0 Å². The summed E-state index contributed by atoms with van der Waals surface area (Å²) in [6.07, 6.45) is -0.691. The van der Waals surface area contributed by atoms with Crippen molar-refractivity contribution >= 4 is 34.2 Å². The number of ether oxygens (including phenoxy) is 1. The van der Waals surface area contributed by atoms with E-state index in [1.807, 2.05) is 44.2 Å². The molecule has 2 aromatic rings. The highest BCUT2D eigenvalue weighted by Crippen LogP contribution is 2.32. The van der Waals surface area contributed by atoms with Gasteiger partial charge in [-0.05, 0) is 89.0 Å². The molecule has 0 heterocycles. The first-order valence-corrected chi connectivity index (χ1v) is 7.68. The van der Waals surface area contributed by atoms with Crippen LogP contribution in [0.1, 0.15) is 28.4 Å². The summed E-state index contributed by atoms with van der Waals surface area (Å²) in [4.78, 5) is 0. The van der Waals surface area contributed by atoms with Crippen LogP contribution in [0.25, 0.3) is 0 Å². The Morgan fingerprint density at radius 3 is 2.30 bits per heavy atom. The lowest BCUT2D eigenvalue weighted by Crippen LogP contribution is -2.04. The minimum Gasteiger partial charge on any atom is -0.496 e. The average molecular weight is 403 g/mol. The van der Waals surface area contributed by atoms with E-state index in [9.17, 15) is 5.11 Å². The molecule has 0 spiro atoms. The maximum Gasteiger partial charge on any atom is 0.124 e. The fraction of sp³-hybridized carbons (Fsp3) is 0.250. The number of benzene rings is 2. The summed E-state index contributed by atoms with van der Waals surface area (Å²) in [6.45, 7) is 3.95. The highest BCUT2D eigenvalue weighted by Gasteiger charge is 2.16. The number of halogens is 2. The summed E-state index contributed by atoms with van der Waals surface area (Å²) in [6, 6.07) is 9.44. The SMILES string of the molecule is COc1c(C)cc(C(O)c2cc(Cl)ccc2I)cc1C. The van der Waals surface area contributed by atoms with Gasteiger partial charge in [-0.1, -0.05) is 11.6 Å². The van der Waals surface area contributed by atoms with E-state index in [2.05, 4.69) is 22.6 Å². The Hall–Kier alpha value is -0.780. The van der Waals surface area contributed by atoms with Crippen LogP contribution in [0, 0.1) is 17.4 Å². The summed E-state index contributed by atoms with van der Waals surface area (Å²) >= 11 is 8.23. The van der Waals surface area contributed by atoms with Crippen molar-refractivity contribution in [3.63, 3.8) is 0 Å². The number of aryl methyl sites for hydroxylation is 2. The summed E-state index contributed by atoms with van der Waals surface area (Å²) in [5.74, 6) is 0.863. The van der Waals surface area contributed by atoms with E-state index in [-0.39, 0.29) is 0 Å².